The third kappa shape index (κ3) is 6.34. The molecular weight excluding hydrogens is 396 g/mol. The van der Waals surface area contributed by atoms with E-state index in [9.17, 15) is 9.59 Å². The fourth-order valence-electron chi connectivity index (χ4n) is 1.91. The van der Waals surface area contributed by atoms with Gasteiger partial charge in [0.2, 0.25) is 0 Å². The molecule has 2 rings (SSSR count). The van der Waals surface area contributed by atoms with Crippen LogP contribution in [0.4, 0.5) is 0 Å². The molecule has 0 fully saturated rings. The zero-order valence-electron chi connectivity index (χ0n) is 12.8. The average Bonchev–Trinajstić information content (AvgIpc) is 2.59. The third-order valence-corrected chi connectivity index (χ3v) is 3.93. The van der Waals surface area contributed by atoms with Gasteiger partial charge in [-0.15, -0.1) is 0 Å². The highest BCUT2D eigenvalue weighted by atomic mass is 79.9. The highest BCUT2D eigenvalue weighted by Crippen LogP contribution is 2.16. The largest absolute Gasteiger partial charge is 0.490 e. The second kappa shape index (κ2) is 9.45. The Morgan fingerprint density at radius 2 is 1.58 bits per heavy atom. The van der Waals surface area contributed by atoms with Gasteiger partial charge in [0.1, 0.15) is 19.0 Å². The maximum atomic E-state index is 11.9. The van der Waals surface area contributed by atoms with Crippen LogP contribution in [-0.2, 0) is 9.53 Å². The van der Waals surface area contributed by atoms with E-state index in [0.29, 0.717) is 16.3 Å². The Balaban J connectivity index is 1.63. The number of ketones is 1. The van der Waals surface area contributed by atoms with Crippen molar-refractivity contribution in [2.45, 2.75) is 12.8 Å². The van der Waals surface area contributed by atoms with Crippen molar-refractivity contribution in [1.29, 1.82) is 0 Å². The van der Waals surface area contributed by atoms with Crippen molar-refractivity contribution in [1.82, 2.24) is 0 Å². The summed E-state index contributed by atoms with van der Waals surface area (Å²) >= 11 is 9.10. The van der Waals surface area contributed by atoms with Crippen molar-refractivity contribution in [2.75, 3.05) is 13.2 Å². The molecule has 6 heteroatoms. The van der Waals surface area contributed by atoms with Gasteiger partial charge in [-0.3, -0.25) is 9.59 Å². The van der Waals surface area contributed by atoms with Gasteiger partial charge in [0.15, 0.2) is 5.78 Å². The molecule has 2 aromatic rings. The molecule has 0 aliphatic rings. The molecule has 0 amide bonds. The normalized spacial score (nSPS) is 10.2. The molecule has 0 atom stereocenters. The number of carbonyl (C=O) groups excluding carboxylic acids is 2. The van der Waals surface area contributed by atoms with Gasteiger partial charge >= 0.3 is 5.97 Å². The number of hydrogen-bond acceptors (Lipinski definition) is 4. The monoisotopic (exact) mass is 410 g/mol. The molecule has 0 aliphatic carbocycles. The zero-order chi connectivity index (χ0) is 17.4. The summed E-state index contributed by atoms with van der Waals surface area (Å²) in [4.78, 5) is 23.6. The molecule has 0 heterocycles. The van der Waals surface area contributed by atoms with Crippen LogP contribution in [0.1, 0.15) is 23.2 Å². The van der Waals surface area contributed by atoms with Crippen LogP contribution in [0, 0.1) is 0 Å². The van der Waals surface area contributed by atoms with Crippen LogP contribution in [0.3, 0.4) is 0 Å². The van der Waals surface area contributed by atoms with Crippen LogP contribution >= 0.6 is 27.5 Å². The summed E-state index contributed by atoms with van der Waals surface area (Å²) < 4.78 is 11.5. The van der Waals surface area contributed by atoms with Crippen molar-refractivity contribution >= 4 is 39.3 Å². The molecule has 0 aromatic heterocycles. The lowest BCUT2D eigenvalue weighted by Crippen LogP contribution is -2.13. The number of hydrogen-bond donors (Lipinski definition) is 0. The maximum Gasteiger partial charge on any atom is 0.306 e. The van der Waals surface area contributed by atoms with Crippen LogP contribution in [0.15, 0.2) is 53.0 Å². The average molecular weight is 412 g/mol. The first-order valence-electron chi connectivity index (χ1n) is 7.37. The van der Waals surface area contributed by atoms with E-state index in [2.05, 4.69) is 15.9 Å². The second-order valence-corrected chi connectivity index (χ2v) is 6.31. The predicted molar refractivity (Wildman–Crippen MR) is 95.6 cm³/mol. The summed E-state index contributed by atoms with van der Waals surface area (Å²) in [5.74, 6) is 0.165. The van der Waals surface area contributed by atoms with Crippen LogP contribution in [0.5, 0.6) is 5.75 Å². The van der Waals surface area contributed by atoms with Gasteiger partial charge in [0.05, 0.1) is 6.42 Å². The van der Waals surface area contributed by atoms with Gasteiger partial charge in [0.25, 0.3) is 0 Å². The topological polar surface area (TPSA) is 52.6 Å². The van der Waals surface area contributed by atoms with Crippen LogP contribution in [-0.4, -0.2) is 25.0 Å². The molecule has 0 N–H and O–H groups in total. The lowest BCUT2D eigenvalue weighted by molar-refractivity contribution is -0.144. The van der Waals surface area contributed by atoms with Crippen molar-refractivity contribution in [2.24, 2.45) is 0 Å². The Morgan fingerprint density at radius 3 is 2.25 bits per heavy atom. The van der Waals surface area contributed by atoms with Gasteiger partial charge in [-0.2, -0.15) is 0 Å². The quantitative estimate of drug-likeness (QED) is 0.359. The van der Waals surface area contributed by atoms with E-state index in [1.54, 1.807) is 24.3 Å². The fraction of sp³-hybridized carbons (Fsp3) is 0.222. The Hall–Kier alpha value is -1.85. The lowest BCUT2D eigenvalue weighted by Gasteiger charge is -2.07. The van der Waals surface area contributed by atoms with Crippen molar-refractivity contribution in [3.8, 4) is 5.75 Å². The first-order chi connectivity index (χ1) is 11.5. The van der Waals surface area contributed by atoms with Gasteiger partial charge in [-0.25, -0.2) is 0 Å². The van der Waals surface area contributed by atoms with E-state index in [0.717, 1.165) is 4.47 Å². The highest BCUT2D eigenvalue weighted by Gasteiger charge is 2.10. The van der Waals surface area contributed by atoms with Crippen molar-refractivity contribution in [3.05, 3.63) is 63.6 Å². The summed E-state index contributed by atoms with van der Waals surface area (Å²) in [7, 11) is 0. The minimum atomic E-state index is -0.420. The number of carbonyl (C=O) groups is 2. The fourth-order valence-corrected chi connectivity index (χ4v) is 2.30. The smallest absolute Gasteiger partial charge is 0.306 e. The van der Waals surface area contributed by atoms with E-state index >= 15 is 0 Å². The standard InChI is InChI=1S/C18H16BrClO4/c19-14-3-7-16(8-4-14)23-11-12-24-18(22)10-9-17(21)13-1-5-15(20)6-2-13/h1-8H,9-12H2. The van der Waals surface area contributed by atoms with Crippen LogP contribution < -0.4 is 4.74 Å². The molecule has 0 aliphatic heterocycles. The van der Waals surface area contributed by atoms with Crippen LogP contribution in [0.2, 0.25) is 5.02 Å². The molecule has 0 radical (unpaired) electrons. The summed E-state index contributed by atoms with van der Waals surface area (Å²) in [5.41, 5.74) is 0.533. The van der Waals surface area contributed by atoms with E-state index in [1.165, 1.54) is 0 Å². The van der Waals surface area contributed by atoms with Gasteiger partial charge in [-0.1, -0.05) is 27.5 Å². The van der Waals surface area contributed by atoms with Gasteiger partial charge in [0, 0.05) is 21.5 Å². The lowest BCUT2D eigenvalue weighted by atomic mass is 10.1. The minimum Gasteiger partial charge on any atom is -0.490 e. The number of Topliss-reactive ketones (excluding diaryl/α,β-unsaturated/α-hetero) is 1. The second-order valence-electron chi connectivity index (χ2n) is 4.95. The SMILES string of the molecule is O=C(CCC(=O)c1ccc(Cl)cc1)OCCOc1ccc(Br)cc1. The zero-order valence-corrected chi connectivity index (χ0v) is 15.2. The van der Waals surface area contributed by atoms with Crippen molar-refractivity contribution < 1.29 is 19.1 Å². The number of halogens is 2. The molecule has 0 bridgehead atoms. The minimum absolute atomic E-state index is 0.0414. The Labute approximate surface area is 153 Å². The molecular formula is C18H16BrClO4. The van der Waals surface area contributed by atoms with Gasteiger partial charge < -0.3 is 9.47 Å². The summed E-state index contributed by atoms with van der Waals surface area (Å²) in [6.07, 6.45) is 0.147. The summed E-state index contributed by atoms with van der Waals surface area (Å²) in [5, 5.41) is 0.566. The van der Waals surface area contributed by atoms with E-state index in [4.69, 9.17) is 21.1 Å². The van der Waals surface area contributed by atoms with E-state index in [-0.39, 0.29) is 31.8 Å². The first kappa shape index (κ1) is 18.5. The molecule has 0 saturated heterocycles. The molecule has 0 saturated carbocycles. The van der Waals surface area contributed by atoms with E-state index < -0.39 is 5.97 Å². The number of esters is 1. The highest BCUT2D eigenvalue weighted by molar-refractivity contribution is 9.10. The number of benzene rings is 2. The number of rotatable bonds is 8. The van der Waals surface area contributed by atoms with Crippen LogP contribution in [0.25, 0.3) is 0 Å². The molecule has 2 aromatic carbocycles. The van der Waals surface area contributed by atoms with E-state index in [1.807, 2.05) is 24.3 Å². The van der Waals surface area contributed by atoms with Gasteiger partial charge in [-0.05, 0) is 48.5 Å². The molecule has 0 unspecified atom stereocenters. The molecule has 4 nitrogen and oxygen atoms in total. The van der Waals surface area contributed by atoms with Crippen molar-refractivity contribution in [3.63, 3.8) is 0 Å². The summed E-state index contributed by atoms with van der Waals surface area (Å²) in [6.45, 7) is 0.405. The third-order valence-electron chi connectivity index (χ3n) is 3.15. The molecule has 126 valence electrons. The first-order valence-corrected chi connectivity index (χ1v) is 8.54. The molecule has 0 spiro atoms. The Morgan fingerprint density at radius 1 is 0.917 bits per heavy atom. The predicted octanol–water partition coefficient (Wildman–Crippen LogP) is 4.69. The Kier molecular flexibility index (Phi) is 7.28. The summed E-state index contributed by atoms with van der Waals surface area (Å²) in [6, 6.07) is 13.9. The number of ether oxygens (including phenoxy) is 2. The maximum absolute atomic E-state index is 11.9. The molecule has 24 heavy (non-hydrogen) atoms. The Bertz CT molecular complexity index is 683.